The minimum absolute atomic E-state index is 0.257. The largest absolute Gasteiger partial charge is 0.292 e. The quantitative estimate of drug-likeness (QED) is 0.605. The Hall–Kier alpha value is -1.37. The summed E-state index contributed by atoms with van der Waals surface area (Å²) >= 11 is 1.41. The zero-order valence-electron chi connectivity index (χ0n) is 6.18. The number of hydrogen-bond acceptors (Lipinski definition) is 5. The van der Waals surface area contributed by atoms with Crippen molar-refractivity contribution in [2.45, 2.75) is 5.16 Å². The summed E-state index contributed by atoms with van der Waals surface area (Å²) in [7, 11) is 0. The van der Waals surface area contributed by atoms with Crippen LogP contribution in [-0.2, 0) is 0 Å². The Labute approximate surface area is 71.0 Å². The number of rotatable bonds is 1. The van der Waals surface area contributed by atoms with E-state index in [1.165, 1.54) is 16.3 Å². The average molecular weight is 183 g/mol. The summed E-state index contributed by atoms with van der Waals surface area (Å²) < 4.78 is 1.25. The van der Waals surface area contributed by atoms with E-state index >= 15 is 0 Å². The molecule has 0 radical (unpaired) electrons. The molecule has 0 amide bonds. The Bertz CT molecular complexity index is 460. The van der Waals surface area contributed by atoms with Crippen LogP contribution in [0.2, 0.25) is 0 Å². The first kappa shape index (κ1) is 7.29. The summed E-state index contributed by atoms with van der Waals surface area (Å²) in [5.41, 5.74) is -0.257. The van der Waals surface area contributed by atoms with Crippen molar-refractivity contribution in [2.75, 3.05) is 6.26 Å². The normalized spacial score (nSPS) is 10.8. The number of aromatic nitrogens is 5. The molecule has 0 aliphatic carbocycles. The molecule has 6 nitrogen and oxygen atoms in total. The molecule has 7 heteroatoms. The number of H-pyrrole nitrogens is 1. The summed E-state index contributed by atoms with van der Waals surface area (Å²) in [6.45, 7) is 0. The molecule has 0 saturated heterocycles. The maximum atomic E-state index is 11.1. The molecule has 62 valence electrons. The van der Waals surface area contributed by atoms with Crippen LogP contribution < -0.4 is 5.56 Å². The third-order valence-electron chi connectivity index (χ3n) is 1.34. The van der Waals surface area contributed by atoms with Crippen LogP contribution in [0.1, 0.15) is 0 Å². The lowest BCUT2D eigenvalue weighted by Gasteiger charge is -1.84. The Kier molecular flexibility index (Phi) is 1.58. The first-order chi connectivity index (χ1) is 5.81. The molecule has 0 saturated carbocycles. The number of aromatic amines is 1. The molecule has 2 heterocycles. The highest BCUT2D eigenvalue weighted by Gasteiger charge is 2.02. The maximum Gasteiger partial charge on any atom is 0.292 e. The molecule has 0 aliphatic rings. The molecule has 0 fully saturated rings. The molecule has 2 aromatic rings. The van der Waals surface area contributed by atoms with Gasteiger partial charge in [0.25, 0.3) is 11.3 Å². The van der Waals surface area contributed by atoms with Crippen LogP contribution in [0.4, 0.5) is 0 Å². The second-order valence-electron chi connectivity index (χ2n) is 2.05. The number of nitrogens with zero attached hydrogens (tertiary/aromatic N) is 4. The predicted octanol–water partition coefficient (Wildman–Crippen LogP) is -0.466. The number of nitrogens with one attached hydrogen (secondary N) is 1. The van der Waals surface area contributed by atoms with Crippen molar-refractivity contribution in [1.29, 1.82) is 0 Å². The maximum absolute atomic E-state index is 11.1. The predicted molar refractivity (Wildman–Crippen MR) is 43.2 cm³/mol. The van der Waals surface area contributed by atoms with Crippen LogP contribution in [0.25, 0.3) is 5.78 Å². The van der Waals surface area contributed by atoms with Crippen molar-refractivity contribution in [3.05, 3.63) is 16.6 Å². The van der Waals surface area contributed by atoms with Gasteiger partial charge in [-0.3, -0.25) is 9.89 Å². The van der Waals surface area contributed by atoms with Crippen molar-refractivity contribution in [2.24, 2.45) is 0 Å². The van der Waals surface area contributed by atoms with Crippen LogP contribution in [-0.4, -0.2) is 31.1 Å². The van der Waals surface area contributed by atoms with Crippen molar-refractivity contribution in [1.82, 2.24) is 24.8 Å². The number of hydrogen-bond donors (Lipinski definition) is 1. The zero-order valence-corrected chi connectivity index (χ0v) is 7.00. The van der Waals surface area contributed by atoms with Gasteiger partial charge in [0.05, 0.1) is 0 Å². The molecule has 0 atom stereocenters. The fourth-order valence-electron chi connectivity index (χ4n) is 0.811. The lowest BCUT2D eigenvalue weighted by atomic mass is 10.8. The molecular formula is C5H5N5OS. The van der Waals surface area contributed by atoms with Crippen molar-refractivity contribution < 1.29 is 0 Å². The van der Waals surface area contributed by atoms with Gasteiger partial charge in [0.2, 0.25) is 0 Å². The molecule has 0 bridgehead atoms. The van der Waals surface area contributed by atoms with Crippen LogP contribution in [0, 0.1) is 0 Å². The van der Waals surface area contributed by atoms with E-state index in [4.69, 9.17) is 0 Å². The zero-order chi connectivity index (χ0) is 8.55. The van der Waals surface area contributed by atoms with Gasteiger partial charge in [-0.1, -0.05) is 11.8 Å². The minimum Gasteiger partial charge on any atom is -0.266 e. The summed E-state index contributed by atoms with van der Waals surface area (Å²) in [6.07, 6.45) is 2.99. The molecular weight excluding hydrogens is 178 g/mol. The Morgan fingerprint density at radius 2 is 2.50 bits per heavy atom. The number of thioether (sulfide) groups is 1. The Morgan fingerprint density at radius 3 is 3.17 bits per heavy atom. The topological polar surface area (TPSA) is 75.9 Å². The van der Waals surface area contributed by atoms with E-state index in [0.717, 1.165) is 6.20 Å². The van der Waals surface area contributed by atoms with Crippen molar-refractivity contribution >= 4 is 17.5 Å². The number of fused-ring (bicyclic) bond motifs is 1. The fraction of sp³-hybridized carbons (Fsp3) is 0.200. The standard InChI is InChI=1S/C5H5N5OS/c1-12-5-7-4-8-6-2-3(11)10(4)9-5/h2H,1H3,(H,7,8,9). The van der Waals surface area contributed by atoms with E-state index in [2.05, 4.69) is 20.3 Å². The SMILES string of the molecule is CSc1nc2nncc(=O)n2[nH]1. The first-order valence-electron chi connectivity index (χ1n) is 3.16. The molecule has 0 unspecified atom stereocenters. The summed E-state index contributed by atoms with van der Waals surface area (Å²) in [5.74, 6) is 0.298. The van der Waals surface area contributed by atoms with Gasteiger partial charge in [-0.2, -0.15) is 9.50 Å². The van der Waals surface area contributed by atoms with Crippen LogP contribution in [0.5, 0.6) is 0 Å². The molecule has 0 aromatic carbocycles. The third kappa shape index (κ3) is 0.981. The molecule has 12 heavy (non-hydrogen) atoms. The van der Waals surface area contributed by atoms with E-state index in [-0.39, 0.29) is 5.56 Å². The molecule has 2 rings (SSSR count). The average Bonchev–Trinajstić information content (AvgIpc) is 2.49. The first-order valence-corrected chi connectivity index (χ1v) is 4.38. The van der Waals surface area contributed by atoms with Crippen molar-refractivity contribution in [3.63, 3.8) is 0 Å². The van der Waals surface area contributed by atoms with E-state index in [1.807, 2.05) is 6.26 Å². The van der Waals surface area contributed by atoms with Gasteiger partial charge in [-0.15, -0.1) is 10.2 Å². The van der Waals surface area contributed by atoms with Gasteiger partial charge in [-0.25, -0.2) is 0 Å². The molecule has 0 aliphatic heterocycles. The highest BCUT2D eigenvalue weighted by Crippen LogP contribution is 2.06. The van der Waals surface area contributed by atoms with Crippen LogP contribution in [0.15, 0.2) is 16.1 Å². The van der Waals surface area contributed by atoms with E-state index in [1.54, 1.807) is 0 Å². The molecule has 0 spiro atoms. The summed E-state index contributed by atoms with van der Waals surface area (Å²) in [4.78, 5) is 15.1. The second-order valence-corrected chi connectivity index (χ2v) is 2.85. The van der Waals surface area contributed by atoms with E-state index in [9.17, 15) is 4.79 Å². The van der Waals surface area contributed by atoms with Gasteiger partial charge in [0.15, 0.2) is 5.16 Å². The lowest BCUT2D eigenvalue weighted by molar-refractivity contribution is 0.823. The summed E-state index contributed by atoms with van der Waals surface area (Å²) in [5, 5.41) is 10.6. The highest BCUT2D eigenvalue weighted by molar-refractivity contribution is 7.98. The summed E-state index contributed by atoms with van der Waals surface area (Å²) in [6, 6.07) is 0. The van der Waals surface area contributed by atoms with Gasteiger partial charge < -0.3 is 0 Å². The van der Waals surface area contributed by atoms with Gasteiger partial charge in [-0.05, 0) is 6.26 Å². The van der Waals surface area contributed by atoms with Crippen LogP contribution in [0.3, 0.4) is 0 Å². The van der Waals surface area contributed by atoms with Gasteiger partial charge in [0.1, 0.15) is 6.20 Å². The van der Waals surface area contributed by atoms with Gasteiger partial charge in [0, 0.05) is 0 Å². The van der Waals surface area contributed by atoms with Crippen molar-refractivity contribution in [3.8, 4) is 0 Å². The third-order valence-corrected chi connectivity index (χ3v) is 1.91. The Morgan fingerprint density at radius 1 is 1.67 bits per heavy atom. The van der Waals surface area contributed by atoms with E-state index in [0.29, 0.717) is 10.9 Å². The Balaban J connectivity index is 2.83. The van der Waals surface area contributed by atoms with Crippen LogP contribution >= 0.6 is 11.8 Å². The fourth-order valence-corrected chi connectivity index (χ4v) is 1.17. The second kappa shape index (κ2) is 2.59. The van der Waals surface area contributed by atoms with E-state index < -0.39 is 0 Å². The highest BCUT2D eigenvalue weighted by atomic mass is 32.2. The molecule has 1 N–H and O–H groups in total. The van der Waals surface area contributed by atoms with Gasteiger partial charge >= 0.3 is 0 Å². The monoisotopic (exact) mass is 183 g/mol. The lowest BCUT2D eigenvalue weighted by Crippen LogP contribution is -2.14. The smallest absolute Gasteiger partial charge is 0.266 e. The minimum atomic E-state index is -0.257. The molecule has 2 aromatic heterocycles.